The Morgan fingerprint density at radius 3 is 2.84 bits per heavy atom. The lowest BCUT2D eigenvalue weighted by Crippen LogP contribution is -2.34. The van der Waals surface area contributed by atoms with Gasteiger partial charge in [0.25, 0.3) is 0 Å². The fraction of sp³-hybridized carbons (Fsp3) is 0.615. The first-order valence-electron chi connectivity index (χ1n) is 6.57. The van der Waals surface area contributed by atoms with Gasteiger partial charge >= 0.3 is 5.91 Å². The summed E-state index contributed by atoms with van der Waals surface area (Å²) in [5.74, 6) is 6.18. The van der Waals surface area contributed by atoms with E-state index in [1.165, 1.54) is 0 Å². The maximum Gasteiger partial charge on any atom is 0.301 e. The van der Waals surface area contributed by atoms with Crippen molar-refractivity contribution in [3.63, 3.8) is 0 Å². The molecule has 1 aromatic rings. The van der Waals surface area contributed by atoms with E-state index >= 15 is 0 Å². The molecule has 106 valence electrons. The van der Waals surface area contributed by atoms with Crippen LogP contribution in [0.4, 0.5) is 0 Å². The van der Waals surface area contributed by atoms with Crippen molar-refractivity contribution in [1.82, 2.24) is 10.3 Å². The Morgan fingerprint density at radius 2 is 2.26 bits per heavy atom. The fourth-order valence-corrected chi connectivity index (χ4v) is 2.46. The highest BCUT2D eigenvalue weighted by Gasteiger charge is 2.21. The van der Waals surface area contributed by atoms with E-state index in [-0.39, 0.29) is 12.4 Å². The highest BCUT2D eigenvalue weighted by molar-refractivity contribution is 5.92. The Labute approximate surface area is 112 Å². The molecule has 1 aliphatic heterocycles. The quantitative estimate of drug-likeness (QED) is 0.417. The zero-order chi connectivity index (χ0) is 13.8. The highest BCUT2D eigenvalue weighted by Crippen LogP contribution is 2.21. The zero-order valence-corrected chi connectivity index (χ0v) is 11.2. The number of hydrogen-bond acceptors (Lipinski definition) is 5. The number of carbonyl (C=O) groups excluding carboxylic acids is 1. The lowest BCUT2D eigenvalue weighted by molar-refractivity contribution is 0.0916. The highest BCUT2D eigenvalue weighted by atomic mass is 16.4. The molecule has 6 heteroatoms. The van der Waals surface area contributed by atoms with Gasteiger partial charge in [-0.3, -0.25) is 15.1 Å². The van der Waals surface area contributed by atoms with Crippen molar-refractivity contribution in [3.8, 4) is 0 Å². The molecule has 2 rings (SSSR count). The summed E-state index contributed by atoms with van der Waals surface area (Å²) in [6.07, 6.45) is 2.01. The molecule has 4 N–H and O–H groups in total. The molecule has 1 amide bonds. The average molecular weight is 267 g/mol. The largest absolute Gasteiger partial charge is 0.454 e. The summed E-state index contributed by atoms with van der Waals surface area (Å²) in [5.41, 5.74) is 2.87. The molecule has 0 saturated carbocycles. The maximum absolute atomic E-state index is 11.5. The van der Waals surface area contributed by atoms with Gasteiger partial charge in [-0.05, 0) is 44.8 Å². The first kappa shape index (κ1) is 14.0. The van der Waals surface area contributed by atoms with E-state index in [0.717, 1.165) is 37.3 Å². The molecule has 0 unspecified atom stereocenters. The molecule has 1 saturated heterocycles. The van der Waals surface area contributed by atoms with Crippen molar-refractivity contribution in [2.45, 2.75) is 26.3 Å². The van der Waals surface area contributed by atoms with Gasteiger partial charge < -0.3 is 9.52 Å². The summed E-state index contributed by atoms with van der Waals surface area (Å²) in [5, 5.41) is 9.10. The predicted molar refractivity (Wildman–Crippen MR) is 70.2 cm³/mol. The molecule has 1 aliphatic rings. The number of nitrogens with one attached hydrogen (secondary N) is 1. The molecule has 0 aliphatic carbocycles. The molecule has 0 spiro atoms. The lowest BCUT2D eigenvalue weighted by Gasteiger charge is -2.30. The number of likely N-dealkylation sites (tertiary alicyclic amines) is 1. The van der Waals surface area contributed by atoms with Crippen LogP contribution in [-0.2, 0) is 6.54 Å². The second-order valence-electron chi connectivity index (χ2n) is 5.10. The first-order valence-corrected chi connectivity index (χ1v) is 6.57. The van der Waals surface area contributed by atoms with Gasteiger partial charge in [0.1, 0.15) is 5.76 Å². The van der Waals surface area contributed by atoms with Crippen LogP contribution in [0.15, 0.2) is 10.5 Å². The SMILES string of the molecule is Cc1cc(CN2CCC(CO)CC2)oc1C(=O)NN. The van der Waals surface area contributed by atoms with Crippen LogP contribution in [-0.4, -0.2) is 35.6 Å². The number of aliphatic hydroxyl groups is 1. The second-order valence-corrected chi connectivity index (χ2v) is 5.10. The molecule has 0 bridgehead atoms. The van der Waals surface area contributed by atoms with Crippen LogP contribution in [0.2, 0.25) is 0 Å². The van der Waals surface area contributed by atoms with Gasteiger partial charge in [-0.25, -0.2) is 5.84 Å². The van der Waals surface area contributed by atoms with Gasteiger partial charge in [-0.15, -0.1) is 0 Å². The first-order chi connectivity index (χ1) is 9.13. The number of hydrogen-bond donors (Lipinski definition) is 3. The van der Waals surface area contributed by atoms with Crippen LogP contribution in [0.3, 0.4) is 0 Å². The van der Waals surface area contributed by atoms with Crippen LogP contribution in [0, 0.1) is 12.8 Å². The standard InChI is InChI=1S/C13H21N3O3/c1-9-6-11(19-12(9)13(18)15-14)7-16-4-2-10(8-17)3-5-16/h6,10,17H,2-5,7-8,14H2,1H3,(H,15,18). The third-order valence-electron chi connectivity index (χ3n) is 3.65. The van der Waals surface area contributed by atoms with E-state index in [9.17, 15) is 4.79 Å². The van der Waals surface area contributed by atoms with Crippen molar-refractivity contribution in [2.75, 3.05) is 19.7 Å². The Bertz CT molecular complexity index is 436. The summed E-state index contributed by atoms with van der Waals surface area (Å²) in [4.78, 5) is 13.7. The smallest absolute Gasteiger partial charge is 0.301 e. The minimum absolute atomic E-state index is 0.272. The minimum Gasteiger partial charge on any atom is -0.454 e. The maximum atomic E-state index is 11.5. The Morgan fingerprint density at radius 1 is 1.58 bits per heavy atom. The van der Waals surface area contributed by atoms with Crippen molar-refractivity contribution >= 4 is 5.91 Å². The number of furan rings is 1. The predicted octanol–water partition coefficient (Wildman–Crippen LogP) is 0.396. The number of piperidine rings is 1. The molecule has 0 atom stereocenters. The number of amides is 1. The third kappa shape index (κ3) is 3.34. The van der Waals surface area contributed by atoms with Crippen molar-refractivity contribution < 1.29 is 14.3 Å². The van der Waals surface area contributed by atoms with Crippen LogP contribution in [0.25, 0.3) is 0 Å². The molecule has 0 aromatic carbocycles. The van der Waals surface area contributed by atoms with Gasteiger partial charge in [0.15, 0.2) is 5.76 Å². The monoisotopic (exact) mass is 267 g/mol. The van der Waals surface area contributed by atoms with Gasteiger partial charge in [0.2, 0.25) is 0 Å². The molecule has 6 nitrogen and oxygen atoms in total. The normalized spacial score (nSPS) is 17.6. The second kappa shape index (κ2) is 6.18. The number of nitrogens with zero attached hydrogens (tertiary/aromatic N) is 1. The summed E-state index contributed by atoms with van der Waals surface area (Å²) in [6, 6.07) is 1.88. The van der Waals surface area contributed by atoms with E-state index in [0.29, 0.717) is 12.5 Å². The van der Waals surface area contributed by atoms with E-state index < -0.39 is 5.91 Å². The third-order valence-corrected chi connectivity index (χ3v) is 3.65. The van der Waals surface area contributed by atoms with E-state index in [4.69, 9.17) is 15.4 Å². The average Bonchev–Trinajstić information content (AvgIpc) is 2.79. The number of aryl methyl sites for hydroxylation is 1. The summed E-state index contributed by atoms with van der Waals surface area (Å²) >= 11 is 0. The van der Waals surface area contributed by atoms with E-state index in [1.54, 1.807) is 0 Å². The number of carbonyl (C=O) groups is 1. The molecule has 1 fully saturated rings. The van der Waals surface area contributed by atoms with Crippen LogP contribution in [0.5, 0.6) is 0 Å². The van der Waals surface area contributed by atoms with Crippen LogP contribution in [0.1, 0.15) is 34.7 Å². The molecule has 19 heavy (non-hydrogen) atoms. The van der Waals surface area contributed by atoms with Crippen molar-refractivity contribution in [3.05, 3.63) is 23.2 Å². The molecule has 0 radical (unpaired) electrons. The Hall–Kier alpha value is -1.37. The number of aliphatic hydroxyl groups excluding tert-OH is 1. The molecular weight excluding hydrogens is 246 g/mol. The summed E-state index contributed by atoms with van der Waals surface area (Å²) in [6.45, 7) is 4.69. The number of nitrogen functional groups attached to an aromatic ring is 1. The van der Waals surface area contributed by atoms with E-state index in [1.807, 2.05) is 13.0 Å². The van der Waals surface area contributed by atoms with Gasteiger partial charge in [-0.1, -0.05) is 0 Å². The van der Waals surface area contributed by atoms with Gasteiger partial charge in [0, 0.05) is 12.2 Å². The fourth-order valence-electron chi connectivity index (χ4n) is 2.46. The van der Waals surface area contributed by atoms with Crippen molar-refractivity contribution in [2.24, 2.45) is 11.8 Å². The topological polar surface area (TPSA) is 91.7 Å². The number of rotatable bonds is 4. The lowest BCUT2D eigenvalue weighted by atomic mass is 9.98. The van der Waals surface area contributed by atoms with Crippen LogP contribution < -0.4 is 11.3 Å². The minimum atomic E-state index is -0.400. The Kier molecular flexibility index (Phi) is 4.57. The van der Waals surface area contributed by atoms with Gasteiger partial charge in [-0.2, -0.15) is 0 Å². The molecular formula is C13H21N3O3. The number of nitrogens with two attached hydrogens (primary N) is 1. The zero-order valence-electron chi connectivity index (χ0n) is 11.2. The number of hydrazine groups is 1. The summed E-state index contributed by atoms with van der Waals surface area (Å²) < 4.78 is 5.54. The van der Waals surface area contributed by atoms with Crippen LogP contribution >= 0.6 is 0 Å². The molecule has 2 heterocycles. The van der Waals surface area contributed by atoms with Gasteiger partial charge in [0.05, 0.1) is 6.54 Å². The Balaban J connectivity index is 1.95. The summed E-state index contributed by atoms with van der Waals surface area (Å²) in [7, 11) is 0. The molecule has 1 aromatic heterocycles. The van der Waals surface area contributed by atoms with E-state index in [2.05, 4.69) is 10.3 Å². The van der Waals surface area contributed by atoms with Crippen molar-refractivity contribution in [1.29, 1.82) is 0 Å².